The van der Waals surface area contributed by atoms with Crippen LogP contribution in [0.25, 0.3) is 0 Å². The van der Waals surface area contributed by atoms with Gasteiger partial charge in [-0.3, -0.25) is 4.79 Å². The molecule has 0 aromatic carbocycles. The number of carbonyl (C=O) groups excluding carboxylic acids is 1. The Morgan fingerprint density at radius 1 is 1.00 bits per heavy atom. The van der Waals surface area contributed by atoms with Crippen LogP contribution in [0.4, 0.5) is 0 Å². The number of likely N-dealkylation sites (tertiary alicyclic amines) is 1. The molecule has 6 aliphatic rings. The first-order valence-electron chi connectivity index (χ1n) is 11.8. The lowest BCUT2D eigenvalue weighted by Crippen LogP contribution is -2.60. The van der Waals surface area contributed by atoms with Gasteiger partial charge in [0.15, 0.2) is 0 Å². The number of aromatic nitrogens is 3. The molecular formula is C23H36ClN5O. The number of hydrogen-bond acceptors (Lipinski definition) is 4. The topological polar surface area (TPSA) is 63.1 Å². The number of halogens is 1. The fourth-order valence-corrected chi connectivity index (χ4v) is 8.78. The summed E-state index contributed by atoms with van der Waals surface area (Å²) >= 11 is 0. The van der Waals surface area contributed by atoms with E-state index in [9.17, 15) is 4.79 Å². The van der Waals surface area contributed by atoms with Crippen molar-refractivity contribution >= 4 is 18.3 Å². The maximum absolute atomic E-state index is 13.8. The van der Waals surface area contributed by atoms with Crippen LogP contribution >= 0.6 is 12.4 Å². The highest BCUT2D eigenvalue weighted by atomic mass is 35.5. The molecule has 1 amide bonds. The van der Waals surface area contributed by atoms with E-state index in [0.717, 1.165) is 82.4 Å². The third-order valence-electron chi connectivity index (χ3n) is 8.88. The van der Waals surface area contributed by atoms with Crippen molar-refractivity contribution < 1.29 is 4.79 Å². The SMILES string of the molecule is CC12CC3CC(C)(C1)CC(C(=O)N1CCC(c4nnc5n4CCNC5)CC1)(C3)C2.Cl. The van der Waals surface area contributed by atoms with E-state index in [1.807, 2.05) is 0 Å². The van der Waals surface area contributed by atoms with Crippen molar-refractivity contribution in [2.45, 2.75) is 84.2 Å². The minimum atomic E-state index is -0.0601. The molecule has 4 bridgehead atoms. The van der Waals surface area contributed by atoms with E-state index < -0.39 is 0 Å². The molecule has 1 aromatic rings. The third-order valence-corrected chi connectivity index (χ3v) is 8.88. The maximum Gasteiger partial charge on any atom is 0.228 e. The van der Waals surface area contributed by atoms with Crippen molar-refractivity contribution in [1.82, 2.24) is 25.0 Å². The first-order valence-corrected chi connectivity index (χ1v) is 11.8. The minimum absolute atomic E-state index is 0. The van der Waals surface area contributed by atoms with E-state index in [0.29, 0.717) is 22.7 Å². The van der Waals surface area contributed by atoms with Crippen LogP contribution in [-0.4, -0.2) is 45.2 Å². The summed E-state index contributed by atoms with van der Waals surface area (Å²) in [5.74, 6) is 3.94. The summed E-state index contributed by atoms with van der Waals surface area (Å²) in [6.07, 6.45) is 9.53. The van der Waals surface area contributed by atoms with E-state index in [2.05, 4.69) is 38.8 Å². The summed E-state index contributed by atoms with van der Waals surface area (Å²) in [5, 5.41) is 12.3. The van der Waals surface area contributed by atoms with E-state index in [1.165, 1.54) is 19.3 Å². The number of hydrogen-bond donors (Lipinski definition) is 1. The summed E-state index contributed by atoms with van der Waals surface area (Å²) < 4.78 is 2.32. The average Bonchev–Trinajstić information content (AvgIpc) is 3.09. The Morgan fingerprint density at radius 2 is 1.70 bits per heavy atom. The zero-order chi connectivity index (χ0) is 19.9. The molecule has 0 radical (unpaired) electrons. The van der Waals surface area contributed by atoms with E-state index >= 15 is 0 Å². The molecule has 5 fully saturated rings. The van der Waals surface area contributed by atoms with Gasteiger partial charge in [0.05, 0.1) is 12.0 Å². The van der Waals surface area contributed by atoms with Crippen LogP contribution in [0.15, 0.2) is 0 Å². The fraction of sp³-hybridized carbons (Fsp3) is 0.870. The minimum Gasteiger partial charge on any atom is -0.342 e. The van der Waals surface area contributed by atoms with Gasteiger partial charge in [-0.05, 0) is 68.1 Å². The molecule has 4 saturated carbocycles. The van der Waals surface area contributed by atoms with Gasteiger partial charge in [0, 0.05) is 32.1 Å². The lowest BCUT2D eigenvalue weighted by molar-refractivity contribution is -0.180. The molecule has 2 atom stereocenters. The number of nitrogens with zero attached hydrogens (tertiary/aromatic N) is 4. The Kier molecular flexibility index (Phi) is 4.79. The predicted octanol–water partition coefficient (Wildman–Crippen LogP) is 3.51. The van der Waals surface area contributed by atoms with Crippen LogP contribution in [0, 0.1) is 22.2 Å². The van der Waals surface area contributed by atoms with Crippen LogP contribution < -0.4 is 5.32 Å². The molecule has 30 heavy (non-hydrogen) atoms. The Hall–Kier alpha value is -1.14. The lowest BCUT2D eigenvalue weighted by atomic mass is 9.40. The van der Waals surface area contributed by atoms with Crippen molar-refractivity contribution in [2.75, 3.05) is 19.6 Å². The van der Waals surface area contributed by atoms with Gasteiger partial charge in [-0.2, -0.15) is 0 Å². The average molecular weight is 434 g/mol. The van der Waals surface area contributed by atoms with Crippen LogP contribution in [0.2, 0.25) is 0 Å². The van der Waals surface area contributed by atoms with Crippen LogP contribution in [-0.2, 0) is 17.9 Å². The molecule has 7 heteroatoms. The quantitative estimate of drug-likeness (QED) is 0.775. The number of carbonyl (C=O) groups is 1. The second kappa shape index (κ2) is 6.93. The first kappa shape index (κ1) is 20.7. The first-order chi connectivity index (χ1) is 13.9. The normalized spacial score (nSPS) is 40.2. The molecule has 6 nitrogen and oxygen atoms in total. The monoisotopic (exact) mass is 433 g/mol. The molecule has 0 spiro atoms. The van der Waals surface area contributed by atoms with E-state index in [1.54, 1.807) is 0 Å². The zero-order valence-corrected chi connectivity index (χ0v) is 19.3. The van der Waals surface area contributed by atoms with Gasteiger partial charge in [-0.25, -0.2) is 0 Å². The van der Waals surface area contributed by atoms with Gasteiger partial charge < -0.3 is 14.8 Å². The fourth-order valence-electron chi connectivity index (χ4n) is 8.78. The number of fused-ring (bicyclic) bond motifs is 1. The van der Waals surface area contributed by atoms with Crippen molar-refractivity contribution in [3.63, 3.8) is 0 Å². The standard InChI is InChI=1S/C23H35N5O.ClH/c1-21-9-16-10-22(2,13-21)15-23(11-16,14-21)20(29)27-6-3-17(4-7-27)19-26-25-18-12-24-5-8-28(18)19;/h16-17,24H,3-15H2,1-2H3;1H. The molecule has 3 heterocycles. The molecule has 166 valence electrons. The smallest absolute Gasteiger partial charge is 0.228 e. The van der Waals surface area contributed by atoms with Gasteiger partial charge in [-0.15, -0.1) is 22.6 Å². The second-order valence-electron chi connectivity index (χ2n) is 11.8. The molecule has 7 rings (SSSR count). The van der Waals surface area contributed by atoms with Crippen molar-refractivity contribution in [3.8, 4) is 0 Å². The Labute approximate surface area is 186 Å². The summed E-state index contributed by atoms with van der Waals surface area (Å²) in [5.41, 5.74) is 0.739. The van der Waals surface area contributed by atoms with Gasteiger partial charge in [0.1, 0.15) is 11.6 Å². The van der Waals surface area contributed by atoms with Gasteiger partial charge in [-0.1, -0.05) is 13.8 Å². The zero-order valence-electron chi connectivity index (χ0n) is 18.5. The highest BCUT2D eigenvalue weighted by molar-refractivity contribution is 5.85. The number of nitrogens with one attached hydrogen (secondary N) is 1. The molecule has 1 saturated heterocycles. The molecular weight excluding hydrogens is 398 g/mol. The highest BCUT2D eigenvalue weighted by Gasteiger charge is 2.63. The van der Waals surface area contributed by atoms with Gasteiger partial charge >= 0.3 is 0 Å². The van der Waals surface area contributed by atoms with E-state index in [4.69, 9.17) is 0 Å². The Balaban J connectivity index is 0.00000193. The lowest BCUT2D eigenvalue weighted by Gasteiger charge is -2.65. The van der Waals surface area contributed by atoms with Crippen LogP contribution in [0.1, 0.15) is 82.8 Å². The maximum atomic E-state index is 13.8. The Morgan fingerprint density at radius 3 is 2.37 bits per heavy atom. The molecule has 2 unspecified atom stereocenters. The molecule has 1 aromatic heterocycles. The summed E-state index contributed by atoms with van der Waals surface area (Å²) in [6.45, 7) is 9.51. The summed E-state index contributed by atoms with van der Waals surface area (Å²) in [7, 11) is 0. The van der Waals surface area contributed by atoms with Crippen LogP contribution in [0.3, 0.4) is 0 Å². The molecule has 4 aliphatic carbocycles. The molecule has 1 N–H and O–H groups in total. The number of amides is 1. The summed E-state index contributed by atoms with van der Waals surface area (Å²) in [4.78, 5) is 16.1. The van der Waals surface area contributed by atoms with Crippen molar-refractivity contribution in [3.05, 3.63) is 11.6 Å². The largest absolute Gasteiger partial charge is 0.342 e. The van der Waals surface area contributed by atoms with Gasteiger partial charge in [0.25, 0.3) is 0 Å². The van der Waals surface area contributed by atoms with E-state index in [-0.39, 0.29) is 17.8 Å². The van der Waals surface area contributed by atoms with Gasteiger partial charge in [0.2, 0.25) is 5.91 Å². The third kappa shape index (κ3) is 3.12. The number of piperidine rings is 1. The predicted molar refractivity (Wildman–Crippen MR) is 117 cm³/mol. The Bertz CT molecular complexity index is 827. The van der Waals surface area contributed by atoms with Crippen molar-refractivity contribution in [2.24, 2.45) is 22.2 Å². The second-order valence-corrected chi connectivity index (χ2v) is 11.8. The van der Waals surface area contributed by atoms with Crippen LogP contribution in [0.5, 0.6) is 0 Å². The molecule has 2 aliphatic heterocycles. The number of rotatable bonds is 2. The highest BCUT2D eigenvalue weighted by Crippen LogP contribution is 2.69. The summed E-state index contributed by atoms with van der Waals surface area (Å²) in [6, 6.07) is 0. The van der Waals surface area contributed by atoms with Crippen molar-refractivity contribution in [1.29, 1.82) is 0 Å².